The second-order valence-electron chi connectivity index (χ2n) is 5.11. The minimum Gasteiger partial charge on any atom is -0.497 e. The number of hydrogen-bond acceptors (Lipinski definition) is 6. The van der Waals surface area contributed by atoms with Crippen molar-refractivity contribution in [2.24, 2.45) is 0 Å². The second kappa shape index (κ2) is 7.96. The molecule has 6 nitrogen and oxygen atoms in total. The third kappa shape index (κ3) is 4.26. The van der Waals surface area contributed by atoms with Gasteiger partial charge in [-0.2, -0.15) is 5.26 Å². The normalized spacial score (nSPS) is 9.88. The van der Waals surface area contributed by atoms with E-state index in [2.05, 4.69) is 16.7 Å². The van der Waals surface area contributed by atoms with Gasteiger partial charge in [0.1, 0.15) is 22.6 Å². The maximum Gasteiger partial charge on any atom is 0.257 e. The van der Waals surface area contributed by atoms with Gasteiger partial charge < -0.3 is 14.8 Å². The van der Waals surface area contributed by atoms with Gasteiger partial charge in [0.25, 0.3) is 5.91 Å². The van der Waals surface area contributed by atoms with Crippen LogP contribution in [0.3, 0.4) is 0 Å². The minimum absolute atomic E-state index is 0.115. The molecule has 8 heteroatoms. The van der Waals surface area contributed by atoms with Gasteiger partial charge in [-0.25, -0.2) is 0 Å². The van der Waals surface area contributed by atoms with Gasteiger partial charge in [0.15, 0.2) is 5.11 Å². The van der Waals surface area contributed by atoms with Crippen LogP contribution in [0.25, 0.3) is 0 Å². The number of aryl methyl sites for hydroxylation is 1. The van der Waals surface area contributed by atoms with Gasteiger partial charge in [-0.05, 0) is 43.8 Å². The summed E-state index contributed by atoms with van der Waals surface area (Å²) in [5.41, 5.74) is 1.78. The zero-order chi connectivity index (χ0) is 18.6. The predicted molar refractivity (Wildman–Crippen MR) is 102 cm³/mol. The molecular weight excluding hydrogens is 358 g/mol. The van der Waals surface area contributed by atoms with Crippen LogP contribution in [0.4, 0.5) is 5.00 Å². The number of hydrogen-bond donors (Lipinski definition) is 2. The number of benzene rings is 1. The molecule has 1 aromatic carbocycles. The highest BCUT2D eigenvalue weighted by atomic mass is 32.1. The molecule has 130 valence electrons. The highest BCUT2D eigenvalue weighted by Crippen LogP contribution is 2.31. The molecule has 0 fully saturated rings. The first-order chi connectivity index (χ1) is 11.9. The van der Waals surface area contributed by atoms with Crippen molar-refractivity contribution >= 4 is 39.6 Å². The maximum atomic E-state index is 12.4. The van der Waals surface area contributed by atoms with E-state index >= 15 is 0 Å². The molecule has 2 rings (SSSR count). The molecule has 0 aliphatic carbocycles. The number of amides is 1. The monoisotopic (exact) mass is 375 g/mol. The lowest BCUT2D eigenvalue weighted by molar-refractivity contribution is 0.0977. The van der Waals surface area contributed by atoms with Crippen molar-refractivity contribution in [2.75, 3.05) is 19.5 Å². The van der Waals surface area contributed by atoms with Crippen molar-refractivity contribution < 1.29 is 14.3 Å². The molecule has 0 aliphatic rings. The standard InChI is InChI=1S/C17H17N3O3S2/c1-9-10(2)25-16(14(9)8-18)20-17(24)19-15(21)11-5-12(22-3)7-13(6-11)23-4/h5-7H,1-4H3,(H2,19,20,21,24). The molecule has 1 heterocycles. The van der Waals surface area contributed by atoms with Crippen LogP contribution in [-0.2, 0) is 0 Å². The highest BCUT2D eigenvalue weighted by molar-refractivity contribution is 7.80. The number of methoxy groups -OCH3 is 2. The van der Waals surface area contributed by atoms with E-state index in [-0.39, 0.29) is 5.11 Å². The van der Waals surface area contributed by atoms with Crippen molar-refractivity contribution in [3.05, 3.63) is 39.8 Å². The van der Waals surface area contributed by atoms with Gasteiger partial charge in [-0.3, -0.25) is 10.1 Å². The molecule has 0 saturated heterocycles. The molecule has 1 aromatic heterocycles. The van der Waals surface area contributed by atoms with Gasteiger partial charge in [0.05, 0.1) is 19.8 Å². The molecule has 25 heavy (non-hydrogen) atoms. The molecule has 0 saturated carbocycles. The summed E-state index contributed by atoms with van der Waals surface area (Å²) in [5.74, 6) is 0.595. The Kier molecular flexibility index (Phi) is 5.96. The van der Waals surface area contributed by atoms with E-state index in [0.29, 0.717) is 27.6 Å². The Morgan fingerprint density at radius 3 is 2.32 bits per heavy atom. The summed E-state index contributed by atoms with van der Waals surface area (Å²) in [6.07, 6.45) is 0. The van der Waals surface area contributed by atoms with Gasteiger partial charge in [-0.1, -0.05) is 0 Å². The smallest absolute Gasteiger partial charge is 0.257 e. The van der Waals surface area contributed by atoms with Crippen molar-refractivity contribution in [2.45, 2.75) is 13.8 Å². The Morgan fingerprint density at radius 1 is 1.20 bits per heavy atom. The number of nitriles is 1. The van der Waals surface area contributed by atoms with Crippen molar-refractivity contribution in [1.29, 1.82) is 5.26 Å². The van der Waals surface area contributed by atoms with Crippen LogP contribution >= 0.6 is 23.6 Å². The topological polar surface area (TPSA) is 83.4 Å². The number of anilines is 1. The number of carbonyl (C=O) groups is 1. The third-order valence-electron chi connectivity index (χ3n) is 3.56. The fourth-order valence-corrected chi connectivity index (χ4v) is 3.37. The van der Waals surface area contributed by atoms with Crippen LogP contribution in [0, 0.1) is 25.2 Å². The van der Waals surface area contributed by atoms with E-state index in [1.165, 1.54) is 25.6 Å². The number of carbonyl (C=O) groups excluding carboxylic acids is 1. The first kappa shape index (κ1) is 18.7. The fourth-order valence-electron chi connectivity index (χ4n) is 2.10. The summed E-state index contributed by atoms with van der Waals surface area (Å²) in [6.45, 7) is 3.80. The van der Waals surface area contributed by atoms with Crippen molar-refractivity contribution in [3.63, 3.8) is 0 Å². The Morgan fingerprint density at radius 2 is 1.80 bits per heavy atom. The van der Waals surface area contributed by atoms with Crippen LogP contribution in [0.2, 0.25) is 0 Å². The third-order valence-corrected chi connectivity index (χ3v) is 4.89. The minimum atomic E-state index is -0.404. The largest absolute Gasteiger partial charge is 0.497 e. The van der Waals surface area contributed by atoms with Crippen molar-refractivity contribution in [3.8, 4) is 17.6 Å². The van der Waals surface area contributed by atoms with Crippen LogP contribution in [0.5, 0.6) is 11.5 Å². The van der Waals surface area contributed by atoms with Gasteiger partial charge in [0, 0.05) is 16.5 Å². The molecule has 0 spiro atoms. The molecular formula is C17H17N3O3S2. The molecule has 1 amide bonds. The molecule has 0 atom stereocenters. The summed E-state index contributed by atoms with van der Waals surface area (Å²) in [4.78, 5) is 13.4. The molecule has 0 bridgehead atoms. The Bertz CT molecular complexity index is 847. The summed E-state index contributed by atoms with van der Waals surface area (Å²) >= 11 is 6.60. The maximum absolute atomic E-state index is 12.4. The molecule has 0 radical (unpaired) electrons. The Balaban J connectivity index is 2.15. The summed E-state index contributed by atoms with van der Waals surface area (Å²) in [6, 6.07) is 6.99. The Labute approximate surface area is 155 Å². The van der Waals surface area contributed by atoms with E-state index < -0.39 is 5.91 Å². The lowest BCUT2D eigenvalue weighted by atomic mass is 10.2. The number of thiophene rings is 1. The van der Waals surface area contributed by atoms with E-state index in [0.717, 1.165) is 10.4 Å². The first-order valence-electron chi connectivity index (χ1n) is 7.25. The Hall–Kier alpha value is -2.63. The van der Waals surface area contributed by atoms with E-state index in [1.54, 1.807) is 18.2 Å². The number of rotatable bonds is 4. The predicted octanol–water partition coefficient (Wildman–Crippen LogP) is 3.38. The van der Waals surface area contributed by atoms with Crippen LogP contribution in [0.1, 0.15) is 26.4 Å². The summed E-state index contributed by atoms with van der Waals surface area (Å²) < 4.78 is 10.3. The van der Waals surface area contributed by atoms with Crippen LogP contribution in [0.15, 0.2) is 18.2 Å². The SMILES string of the molecule is COc1cc(OC)cc(C(=O)NC(=S)Nc2sc(C)c(C)c2C#N)c1. The summed E-state index contributed by atoms with van der Waals surface area (Å²) in [7, 11) is 3.01. The molecule has 2 aromatic rings. The van der Waals surface area contributed by atoms with E-state index in [9.17, 15) is 10.1 Å². The van der Waals surface area contributed by atoms with E-state index in [1.807, 2.05) is 13.8 Å². The first-order valence-corrected chi connectivity index (χ1v) is 8.47. The summed E-state index contributed by atoms with van der Waals surface area (Å²) in [5, 5.41) is 15.5. The number of nitrogens with one attached hydrogen (secondary N) is 2. The quantitative estimate of drug-likeness (QED) is 0.797. The van der Waals surface area contributed by atoms with Crippen LogP contribution in [-0.4, -0.2) is 25.2 Å². The van der Waals surface area contributed by atoms with Gasteiger partial charge in [-0.15, -0.1) is 11.3 Å². The lowest BCUT2D eigenvalue weighted by Gasteiger charge is -2.11. The lowest BCUT2D eigenvalue weighted by Crippen LogP contribution is -2.34. The zero-order valence-electron chi connectivity index (χ0n) is 14.2. The second-order valence-corrected chi connectivity index (χ2v) is 6.74. The average molecular weight is 375 g/mol. The molecule has 0 unspecified atom stereocenters. The van der Waals surface area contributed by atoms with Crippen LogP contribution < -0.4 is 20.1 Å². The average Bonchev–Trinajstić information content (AvgIpc) is 2.87. The number of nitrogens with zero attached hydrogens (tertiary/aromatic N) is 1. The van der Waals surface area contributed by atoms with Crippen molar-refractivity contribution in [1.82, 2.24) is 5.32 Å². The molecule has 2 N–H and O–H groups in total. The van der Waals surface area contributed by atoms with E-state index in [4.69, 9.17) is 21.7 Å². The zero-order valence-corrected chi connectivity index (χ0v) is 15.9. The number of ether oxygens (including phenoxy) is 2. The van der Waals surface area contributed by atoms with Gasteiger partial charge >= 0.3 is 0 Å². The number of thiocarbonyl (C=S) groups is 1. The molecule has 0 aliphatic heterocycles. The fraction of sp³-hybridized carbons (Fsp3) is 0.235. The highest BCUT2D eigenvalue weighted by Gasteiger charge is 2.15. The van der Waals surface area contributed by atoms with Gasteiger partial charge in [0.2, 0.25) is 0 Å².